The Labute approximate surface area is 175 Å². The van der Waals surface area contributed by atoms with E-state index in [-0.39, 0.29) is 18.0 Å². The first kappa shape index (κ1) is 19.3. The highest BCUT2D eigenvalue weighted by molar-refractivity contribution is 9.10. The van der Waals surface area contributed by atoms with E-state index >= 15 is 0 Å². The third-order valence-corrected chi connectivity index (χ3v) is 5.49. The fourth-order valence-electron chi connectivity index (χ4n) is 3.72. The summed E-state index contributed by atoms with van der Waals surface area (Å²) in [5, 5.41) is 0.863. The van der Waals surface area contributed by atoms with E-state index in [1.54, 1.807) is 18.3 Å². The van der Waals surface area contributed by atoms with Crippen LogP contribution in [0.1, 0.15) is 17.5 Å². The van der Waals surface area contributed by atoms with Gasteiger partial charge in [0.05, 0.1) is 27.8 Å². The topological polar surface area (TPSA) is 77.6 Å². The number of carbonyl (C=O) groups is 2. The molecule has 1 aliphatic rings. The Bertz CT molecular complexity index is 1170. The van der Waals surface area contributed by atoms with Crippen molar-refractivity contribution in [1.82, 2.24) is 4.98 Å². The van der Waals surface area contributed by atoms with E-state index in [1.807, 2.05) is 18.2 Å². The lowest BCUT2D eigenvalue weighted by atomic mass is 9.95. The van der Waals surface area contributed by atoms with Crippen molar-refractivity contribution in [3.8, 4) is 17.2 Å². The Morgan fingerprint density at radius 1 is 0.897 bits per heavy atom. The van der Waals surface area contributed by atoms with Crippen LogP contribution in [0.15, 0.2) is 41.0 Å². The van der Waals surface area contributed by atoms with Crippen molar-refractivity contribution < 1.29 is 23.8 Å². The highest BCUT2D eigenvalue weighted by Crippen LogP contribution is 2.44. The van der Waals surface area contributed by atoms with Crippen LogP contribution in [0.2, 0.25) is 0 Å². The van der Waals surface area contributed by atoms with Crippen molar-refractivity contribution in [2.75, 3.05) is 21.3 Å². The molecular weight excluding hydrogens is 438 g/mol. The fraction of sp³-hybridized carbons (Fsp3) is 0.182. The monoisotopic (exact) mass is 455 g/mol. The number of nitrogens with one attached hydrogen (secondary N) is 1. The molecule has 1 heterocycles. The molecule has 4 rings (SSSR count). The van der Waals surface area contributed by atoms with Gasteiger partial charge in [-0.1, -0.05) is 15.9 Å². The maximum absolute atomic E-state index is 12.8. The van der Waals surface area contributed by atoms with Gasteiger partial charge in [-0.05, 0) is 35.9 Å². The lowest BCUT2D eigenvalue weighted by Crippen LogP contribution is -2.00. The van der Waals surface area contributed by atoms with Crippen molar-refractivity contribution >= 4 is 49.5 Å². The predicted octanol–water partition coefficient (Wildman–Crippen LogP) is 4.41. The van der Waals surface area contributed by atoms with Crippen LogP contribution >= 0.6 is 15.9 Å². The number of carbonyl (C=O) groups excluding carboxylic acids is 2. The van der Waals surface area contributed by atoms with Gasteiger partial charge in [0, 0.05) is 38.3 Å². The van der Waals surface area contributed by atoms with Crippen LogP contribution in [0, 0.1) is 0 Å². The number of fused-ring (bicyclic) bond motifs is 1. The first-order chi connectivity index (χ1) is 14.0. The number of ketones is 2. The minimum Gasteiger partial charge on any atom is -0.493 e. The summed E-state index contributed by atoms with van der Waals surface area (Å²) in [5.74, 6) is 0.821. The Hall–Kier alpha value is -3.06. The summed E-state index contributed by atoms with van der Waals surface area (Å²) in [7, 11) is 4.53. The second kappa shape index (κ2) is 7.40. The van der Waals surface area contributed by atoms with Crippen LogP contribution in [-0.4, -0.2) is 37.9 Å². The third kappa shape index (κ3) is 3.11. The average Bonchev–Trinajstić information content (AvgIpc) is 3.25. The summed E-state index contributed by atoms with van der Waals surface area (Å²) in [6.07, 6.45) is 1.60. The fourth-order valence-corrected chi connectivity index (χ4v) is 4.08. The van der Waals surface area contributed by atoms with E-state index in [2.05, 4.69) is 20.9 Å². The molecule has 1 aliphatic carbocycles. The van der Waals surface area contributed by atoms with Crippen molar-refractivity contribution in [2.24, 2.45) is 0 Å². The standard InChI is InChI=1S/C22H18BrNO5/c1-27-18-6-11(7-19(28-2)22(18)29-3)20-16(25)9-17(26)21(20)14-10-24-15-5-4-12(23)8-13(14)15/h4-8,10,24H,9H2,1-3H3. The first-order valence-electron chi connectivity index (χ1n) is 8.86. The summed E-state index contributed by atoms with van der Waals surface area (Å²) in [6, 6.07) is 9.15. The van der Waals surface area contributed by atoms with E-state index in [1.165, 1.54) is 21.3 Å². The number of benzene rings is 2. The van der Waals surface area contributed by atoms with Crippen LogP contribution in [0.4, 0.5) is 0 Å². The van der Waals surface area contributed by atoms with Crippen molar-refractivity contribution in [2.45, 2.75) is 6.42 Å². The number of hydrogen-bond donors (Lipinski definition) is 1. The Morgan fingerprint density at radius 2 is 1.55 bits per heavy atom. The van der Waals surface area contributed by atoms with Gasteiger partial charge in [0.15, 0.2) is 23.1 Å². The number of H-pyrrole nitrogens is 1. The SMILES string of the molecule is COc1cc(C2=C(c3c[nH]c4ccc(Br)cc34)C(=O)CC2=O)cc(OC)c1OC. The van der Waals surface area contributed by atoms with E-state index in [0.717, 1.165) is 15.4 Å². The Balaban J connectivity index is 2.01. The molecule has 0 bridgehead atoms. The van der Waals surface area contributed by atoms with Crippen molar-refractivity contribution in [1.29, 1.82) is 0 Å². The maximum atomic E-state index is 12.8. The highest BCUT2D eigenvalue weighted by Gasteiger charge is 2.34. The number of rotatable bonds is 5. The quantitative estimate of drug-likeness (QED) is 0.576. The molecule has 0 spiro atoms. The van der Waals surface area contributed by atoms with Gasteiger partial charge in [0.1, 0.15) is 0 Å². The van der Waals surface area contributed by atoms with Gasteiger partial charge < -0.3 is 19.2 Å². The van der Waals surface area contributed by atoms with Crippen LogP contribution in [0.5, 0.6) is 17.2 Å². The second-order valence-electron chi connectivity index (χ2n) is 6.58. The molecule has 1 aromatic heterocycles. The summed E-state index contributed by atoms with van der Waals surface area (Å²) >= 11 is 3.47. The largest absolute Gasteiger partial charge is 0.493 e. The summed E-state index contributed by atoms with van der Waals surface area (Å²) in [5.41, 5.74) is 2.88. The number of hydrogen-bond acceptors (Lipinski definition) is 5. The second-order valence-corrected chi connectivity index (χ2v) is 7.50. The molecule has 6 nitrogen and oxygen atoms in total. The molecule has 0 aliphatic heterocycles. The van der Waals surface area contributed by atoms with Gasteiger partial charge in [-0.25, -0.2) is 0 Å². The van der Waals surface area contributed by atoms with Gasteiger partial charge >= 0.3 is 0 Å². The minimum atomic E-state index is -0.233. The molecule has 3 aromatic rings. The van der Waals surface area contributed by atoms with Gasteiger partial charge in [-0.3, -0.25) is 9.59 Å². The zero-order valence-electron chi connectivity index (χ0n) is 16.1. The van der Waals surface area contributed by atoms with Crippen molar-refractivity contribution in [3.63, 3.8) is 0 Å². The van der Waals surface area contributed by atoms with Crippen LogP contribution in [-0.2, 0) is 9.59 Å². The van der Waals surface area contributed by atoms with Gasteiger partial charge in [-0.15, -0.1) is 0 Å². The average molecular weight is 456 g/mol. The number of ether oxygens (including phenoxy) is 3. The number of aromatic amines is 1. The molecule has 0 radical (unpaired) electrons. The van der Waals surface area contributed by atoms with Gasteiger partial charge in [-0.2, -0.15) is 0 Å². The van der Waals surface area contributed by atoms with Crippen LogP contribution < -0.4 is 14.2 Å². The Kier molecular flexibility index (Phi) is 4.92. The Morgan fingerprint density at radius 3 is 2.17 bits per heavy atom. The molecule has 2 aromatic carbocycles. The highest BCUT2D eigenvalue weighted by atomic mass is 79.9. The van der Waals surface area contributed by atoms with Crippen LogP contribution in [0.3, 0.4) is 0 Å². The summed E-state index contributed by atoms with van der Waals surface area (Å²) < 4.78 is 17.1. The molecule has 0 amide bonds. The van der Waals surface area contributed by atoms with Crippen molar-refractivity contribution in [3.05, 3.63) is 52.1 Å². The van der Waals surface area contributed by atoms with Crippen LogP contribution in [0.25, 0.3) is 22.0 Å². The molecule has 0 unspecified atom stereocenters. The molecule has 0 saturated heterocycles. The first-order valence-corrected chi connectivity index (χ1v) is 9.65. The maximum Gasteiger partial charge on any atom is 0.203 e. The zero-order valence-corrected chi connectivity index (χ0v) is 17.7. The minimum absolute atomic E-state index is 0.165. The predicted molar refractivity (Wildman–Crippen MR) is 114 cm³/mol. The van der Waals surface area contributed by atoms with E-state index in [4.69, 9.17) is 14.2 Å². The number of aromatic nitrogens is 1. The molecule has 0 fully saturated rings. The van der Waals surface area contributed by atoms with E-state index in [0.29, 0.717) is 39.5 Å². The number of allylic oxidation sites excluding steroid dienone is 2. The number of Topliss-reactive ketones (excluding diaryl/α,β-unsaturated/α-hetero) is 2. The summed E-state index contributed by atoms with van der Waals surface area (Å²) in [4.78, 5) is 28.8. The molecule has 0 atom stereocenters. The molecule has 29 heavy (non-hydrogen) atoms. The third-order valence-electron chi connectivity index (χ3n) is 5.00. The van der Waals surface area contributed by atoms with E-state index < -0.39 is 0 Å². The van der Waals surface area contributed by atoms with Gasteiger partial charge in [0.2, 0.25) is 5.75 Å². The zero-order chi connectivity index (χ0) is 20.7. The number of halogens is 1. The lowest BCUT2D eigenvalue weighted by Gasteiger charge is -2.15. The smallest absolute Gasteiger partial charge is 0.203 e. The molecule has 1 N–H and O–H groups in total. The van der Waals surface area contributed by atoms with Gasteiger partial charge in [0.25, 0.3) is 0 Å². The molecule has 148 valence electrons. The normalized spacial score (nSPS) is 14.1. The molecule has 0 saturated carbocycles. The molecular formula is C22H18BrNO5. The summed E-state index contributed by atoms with van der Waals surface area (Å²) in [6.45, 7) is 0. The lowest BCUT2D eigenvalue weighted by molar-refractivity contribution is -0.119. The number of methoxy groups -OCH3 is 3. The molecule has 7 heteroatoms. The van der Waals surface area contributed by atoms with E-state index in [9.17, 15) is 9.59 Å².